The summed E-state index contributed by atoms with van der Waals surface area (Å²) in [7, 11) is -5.76. The van der Waals surface area contributed by atoms with Crippen LogP contribution in [-0.4, -0.2) is 40.8 Å². The summed E-state index contributed by atoms with van der Waals surface area (Å²) in [6, 6.07) is 2.24. The molecule has 0 unspecified atom stereocenters. The fraction of sp³-hybridized carbons (Fsp3) is 0.591. The van der Waals surface area contributed by atoms with Crippen molar-refractivity contribution in [1.82, 2.24) is 14.3 Å². The SMILES string of the molecule is O=S(=O)(N1Cc2cc(C(F)(F)F)ccc2N(Cc2cnc[nH]2)[C@@H](C2CC3(CCC3)C2)C1)C(F)(F)F.[HH]. The van der Waals surface area contributed by atoms with Crippen molar-refractivity contribution >= 4 is 15.7 Å². The number of rotatable bonds is 4. The largest absolute Gasteiger partial charge is 0.511 e. The van der Waals surface area contributed by atoms with Gasteiger partial charge in [0.05, 0.1) is 24.1 Å². The number of imidazole rings is 1. The normalized spacial score (nSPS) is 23.5. The molecule has 3 aliphatic rings. The molecular weight excluding hydrogens is 498 g/mol. The van der Waals surface area contributed by atoms with Gasteiger partial charge >= 0.3 is 21.7 Å². The summed E-state index contributed by atoms with van der Waals surface area (Å²) in [5.41, 5.74) is -5.65. The standard InChI is InChI=1S/C22H24F6N4O2S.H2/c23-21(24,25)16-2-3-18-14(6-16)10-31(35(33,34)22(26,27)28)12-19(15-7-20(8-15)4-1-5-20)32(18)11-17-9-29-13-30-17;/h2-3,6,9,13,15,19H,1,4-5,7-8,10-12H2,(H,29,30);1H/t19-;/m1./s1. The summed E-state index contributed by atoms with van der Waals surface area (Å²) < 4.78 is 106. The Hall–Kier alpha value is -2.28. The first-order chi connectivity index (χ1) is 16.3. The summed E-state index contributed by atoms with van der Waals surface area (Å²) in [6.07, 6.45) is 2.91. The van der Waals surface area contributed by atoms with Gasteiger partial charge in [0.2, 0.25) is 0 Å². The Kier molecular flexibility index (Phi) is 5.66. The van der Waals surface area contributed by atoms with Gasteiger partial charge in [-0.15, -0.1) is 0 Å². The molecule has 5 rings (SSSR count). The van der Waals surface area contributed by atoms with Gasteiger partial charge in [0, 0.05) is 32.4 Å². The highest BCUT2D eigenvalue weighted by Gasteiger charge is 2.55. The van der Waals surface area contributed by atoms with Crippen LogP contribution in [0.2, 0.25) is 0 Å². The minimum absolute atomic E-state index is 0. The molecule has 2 aliphatic carbocycles. The summed E-state index contributed by atoms with van der Waals surface area (Å²) >= 11 is 0. The molecule has 1 spiro atoms. The van der Waals surface area contributed by atoms with Crippen LogP contribution < -0.4 is 4.90 Å². The van der Waals surface area contributed by atoms with Crippen LogP contribution in [0, 0.1) is 11.3 Å². The summed E-state index contributed by atoms with van der Waals surface area (Å²) in [5.74, 6) is -0.0857. The van der Waals surface area contributed by atoms with Crippen molar-refractivity contribution < 1.29 is 36.2 Å². The smallest absolute Gasteiger partial charge is 0.361 e. The third-order valence-corrected chi connectivity index (χ3v) is 9.27. The second-order valence-corrected chi connectivity index (χ2v) is 11.8. The maximum atomic E-state index is 13.6. The quantitative estimate of drug-likeness (QED) is 0.552. The number of aromatic nitrogens is 2. The van der Waals surface area contributed by atoms with E-state index in [2.05, 4.69) is 9.97 Å². The molecule has 35 heavy (non-hydrogen) atoms. The van der Waals surface area contributed by atoms with Gasteiger partial charge in [-0.3, -0.25) is 0 Å². The number of alkyl halides is 6. The molecule has 1 aliphatic heterocycles. The van der Waals surface area contributed by atoms with E-state index >= 15 is 0 Å². The second-order valence-electron chi connectivity index (χ2n) is 9.88. The Labute approximate surface area is 199 Å². The van der Waals surface area contributed by atoms with Gasteiger partial charge in [-0.05, 0) is 60.8 Å². The van der Waals surface area contributed by atoms with E-state index < -0.39 is 46.4 Å². The Morgan fingerprint density at radius 1 is 1.14 bits per heavy atom. The van der Waals surface area contributed by atoms with Gasteiger partial charge in [0.1, 0.15) is 0 Å². The van der Waals surface area contributed by atoms with Crippen LogP contribution in [0.3, 0.4) is 0 Å². The Bertz CT molecular complexity index is 1190. The highest BCUT2D eigenvalue weighted by molar-refractivity contribution is 7.89. The Balaban J connectivity index is 0.00000304. The van der Waals surface area contributed by atoms with Crippen LogP contribution in [-0.2, 0) is 29.3 Å². The first kappa shape index (κ1) is 24.4. The number of nitrogens with zero attached hydrogens (tertiary/aromatic N) is 3. The molecule has 13 heteroatoms. The van der Waals surface area contributed by atoms with E-state index in [1.165, 1.54) is 18.6 Å². The number of halogens is 6. The minimum atomic E-state index is -5.76. The molecular formula is C22H26F6N4O2S. The van der Waals surface area contributed by atoms with Crippen LogP contribution in [0.4, 0.5) is 32.0 Å². The van der Waals surface area contributed by atoms with Crippen LogP contribution >= 0.6 is 0 Å². The lowest BCUT2D eigenvalue weighted by atomic mass is 9.50. The van der Waals surface area contributed by atoms with Crippen molar-refractivity contribution in [1.29, 1.82) is 0 Å². The van der Waals surface area contributed by atoms with E-state index in [-0.39, 0.29) is 24.9 Å². The topological polar surface area (TPSA) is 69.3 Å². The van der Waals surface area contributed by atoms with E-state index in [1.54, 1.807) is 4.90 Å². The zero-order valence-corrected chi connectivity index (χ0v) is 19.3. The molecule has 2 fully saturated rings. The fourth-order valence-corrected chi connectivity index (χ4v) is 6.76. The summed E-state index contributed by atoms with van der Waals surface area (Å²) in [6.45, 7) is -1.12. The molecule has 1 atom stereocenters. The van der Waals surface area contributed by atoms with Crippen LogP contribution in [0.15, 0.2) is 30.7 Å². The second kappa shape index (κ2) is 8.12. The van der Waals surface area contributed by atoms with Gasteiger partial charge in [-0.1, -0.05) is 6.42 Å². The zero-order valence-electron chi connectivity index (χ0n) is 18.5. The van der Waals surface area contributed by atoms with E-state index in [9.17, 15) is 34.8 Å². The molecule has 6 nitrogen and oxygen atoms in total. The molecule has 0 amide bonds. The highest BCUT2D eigenvalue weighted by Crippen LogP contribution is 2.60. The summed E-state index contributed by atoms with van der Waals surface area (Å²) in [5, 5.41) is 0. The number of fused-ring (bicyclic) bond motifs is 1. The predicted octanol–water partition coefficient (Wildman–Crippen LogP) is 5.30. The molecule has 1 aromatic heterocycles. The van der Waals surface area contributed by atoms with Crippen LogP contribution in [0.25, 0.3) is 0 Å². The van der Waals surface area contributed by atoms with E-state index in [1.807, 2.05) is 0 Å². The third kappa shape index (κ3) is 4.30. The van der Waals surface area contributed by atoms with Crippen molar-refractivity contribution in [2.45, 2.75) is 62.9 Å². The Morgan fingerprint density at radius 2 is 1.86 bits per heavy atom. The molecule has 2 heterocycles. The molecule has 2 aromatic rings. The zero-order chi connectivity index (χ0) is 25.2. The average molecular weight is 525 g/mol. The van der Waals surface area contributed by atoms with Crippen molar-refractivity contribution in [3.05, 3.63) is 47.5 Å². The molecule has 1 N–H and O–H groups in total. The number of aromatic amines is 1. The van der Waals surface area contributed by atoms with Gasteiger partial charge in [0.15, 0.2) is 0 Å². The lowest BCUT2D eigenvalue weighted by molar-refractivity contribution is -0.137. The average Bonchev–Trinajstić information content (AvgIpc) is 3.14. The van der Waals surface area contributed by atoms with E-state index in [0.717, 1.165) is 44.2 Å². The number of nitrogens with one attached hydrogen (secondary N) is 1. The summed E-state index contributed by atoms with van der Waals surface area (Å²) in [4.78, 5) is 8.65. The maximum Gasteiger partial charge on any atom is 0.511 e. The molecule has 0 radical (unpaired) electrons. The van der Waals surface area contributed by atoms with Crippen molar-refractivity contribution in [2.24, 2.45) is 11.3 Å². The lowest BCUT2D eigenvalue weighted by Gasteiger charge is -2.58. The molecule has 1 aromatic carbocycles. The number of H-pyrrole nitrogens is 1. The van der Waals surface area contributed by atoms with E-state index in [0.29, 0.717) is 15.7 Å². The number of hydrogen-bond donors (Lipinski definition) is 1. The van der Waals surface area contributed by atoms with Gasteiger partial charge in [-0.2, -0.15) is 30.6 Å². The number of sulfonamides is 1. The minimum Gasteiger partial charge on any atom is -0.361 e. The van der Waals surface area contributed by atoms with Crippen molar-refractivity contribution in [2.75, 3.05) is 11.4 Å². The number of anilines is 1. The molecule has 194 valence electrons. The maximum absolute atomic E-state index is 13.6. The van der Waals surface area contributed by atoms with Crippen LogP contribution in [0.1, 0.15) is 50.4 Å². The third-order valence-electron chi connectivity index (χ3n) is 7.73. The van der Waals surface area contributed by atoms with Gasteiger partial charge < -0.3 is 9.88 Å². The first-order valence-corrected chi connectivity index (χ1v) is 12.7. The van der Waals surface area contributed by atoms with Gasteiger partial charge in [0.25, 0.3) is 0 Å². The van der Waals surface area contributed by atoms with Crippen LogP contribution in [0.5, 0.6) is 0 Å². The highest BCUT2D eigenvalue weighted by atomic mass is 32.2. The Morgan fingerprint density at radius 3 is 2.40 bits per heavy atom. The fourth-order valence-electron chi connectivity index (χ4n) is 5.81. The van der Waals surface area contributed by atoms with Crippen molar-refractivity contribution in [3.63, 3.8) is 0 Å². The monoisotopic (exact) mass is 524 g/mol. The number of benzene rings is 1. The lowest BCUT2D eigenvalue weighted by Crippen LogP contribution is -2.56. The number of hydrogen-bond acceptors (Lipinski definition) is 4. The molecule has 0 saturated heterocycles. The van der Waals surface area contributed by atoms with Crippen molar-refractivity contribution in [3.8, 4) is 0 Å². The molecule has 0 bridgehead atoms. The predicted molar refractivity (Wildman–Crippen MR) is 117 cm³/mol. The van der Waals surface area contributed by atoms with E-state index in [4.69, 9.17) is 0 Å². The van der Waals surface area contributed by atoms with Gasteiger partial charge in [-0.25, -0.2) is 13.4 Å². The molecule has 2 saturated carbocycles. The first-order valence-electron chi connectivity index (χ1n) is 11.3.